The van der Waals surface area contributed by atoms with Gasteiger partial charge in [-0.1, -0.05) is 6.07 Å². The van der Waals surface area contributed by atoms with Gasteiger partial charge in [-0.25, -0.2) is 0 Å². The smallest absolute Gasteiger partial charge is 0.318 e. The monoisotopic (exact) mass is 235 g/mol. The molecule has 5 nitrogen and oxygen atoms in total. The van der Waals surface area contributed by atoms with Gasteiger partial charge in [-0.2, -0.15) is 0 Å². The lowest BCUT2D eigenvalue weighted by molar-refractivity contribution is -0.151. The van der Waals surface area contributed by atoms with E-state index in [1.165, 1.54) is 12.1 Å². The van der Waals surface area contributed by atoms with Gasteiger partial charge in [-0.05, 0) is 25.0 Å². The SMILES string of the molecule is CCOC(=O)C1Cc2ccc(O)cc2NC1=O. The van der Waals surface area contributed by atoms with Crippen molar-refractivity contribution in [3.05, 3.63) is 23.8 Å². The zero-order chi connectivity index (χ0) is 12.4. The molecule has 0 bridgehead atoms. The van der Waals surface area contributed by atoms with Crippen molar-refractivity contribution in [3.8, 4) is 5.75 Å². The normalized spacial score (nSPS) is 18.2. The third-order valence-electron chi connectivity index (χ3n) is 2.66. The van der Waals surface area contributed by atoms with Crippen molar-refractivity contribution in [1.82, 2.24) is 0 Å². The number of carbonyl (C=O) groups is 2. The molecule has 2 rings (SSSR count). The third kappa shape index (κ3) is 2.22. The van der Waals surface area contributed by atoms with Crippen molar-refractivity contribution in [2.24, 2.45) is 5.92 Å². The number of benzene rings is 1. The van der Waals surface area contributed by atoms with E-state index in [1.54, 1.807) is 13.0 Å². The summed E-state index contributed by atoms with van der Waals surface area (Å²) >= 11 is 0. The van der Waals surface area contributed by atoms with Crippen molar-refractivity contribution in [3.63, 3.8) is 0 Å². The minimum absolute atomic E-state index is 0.0821. The number of hydrogen-bond donors (Lipinski definition) is 2. The molecule has 1 aliphatic heterocycles. The van der Waals surface area contributed by atoms with Crippen LogP contribution < -0.4 is 5.32 Å². The topological polar surface area (TPSA) is 75.6 Å². The highest BCUT2D eigenvalue weighted by Crippen LogP contribution is 2.29. The second-order valence-electron chi connectivity index (χ2n) is 3.84. The second kappa shape index (κ2) is 4.45. The van der Waals surface area contributed by atoms with Gasteiger partial charge in [0.05, 0.1) is 6.61 Å². The lowest BCUT2D eigenvalue weighted by Gasteiger charge is -2.23. The largest absolute Gasteiger partial charge is 0.508 e. The number of nitrogens with one attached hydrogen (secondary N) is 1. The molecule has 0 radical (unpaired) electrons. The van der Waals surface area contributed by atoms with Crippen molar-refractivity contribution in [2.45, 2.75) is 13.3 Å². The fraction of sp³-hybridized carbons (Fsp3) is 0.333. The van der Waals surface area contributed by atoms with Gasteiger partial charge in [0.2, 0.25) is 5.91 Å². The van der Waals surface area contributed by atoms with Gasteiger partial charge in [0.1, 0.15) is 11.7 Å². The highest BCUT2D eigenvalue weighted by molar-refractivity contribution is 6.07. The molecule has 2 N–H and O–H groups in total. The minimum Gasteiger partial charge on any atom is -0.508 e. The van der Waals surface area contributed by atoms with Crippen LogP contribution in [0.15, 0.2) is 18.2 Å². The number of phenolic OH excluding ortho intramolecular Hbond substituents is 1. The van der Waals surface area contributed by atoms with Gasteiger partial charge >= 0.3 is 5.97 Å². The molecule has 1 amide bonds. The lowest BCUT2D eigenvalue weighted by Crippen LogP contribution is -2.36. The fourth-order valence-electron chi connectivity index (χ4n) is 1.82. The Balaban J connectivity index is 2.24. The van der Waals surface area contributed by atoms with Crippen LogP contribution in [0.2, 0.25) is 0 Å². The Bertz CT molecular complexity index is 470. The standard InChI is InChI=1S/C12H13NO4/c1-2-17-12(16)9-5-7-3-4-8(14)6-10(7)13-11(9)15/h3-4,6,9,14H,2,5H2,1H3,(H,13,15). The first-order valence-corrected chi connectivity index (χ1v) is 5.41. The molecule has 5 heteroatoms. The molecule has 1 heterocycles. The highest BCUT2D eigenvalue weighted by atomic mass is 16.5. The van der Waals surface area contributed by atoms with Crippen molar-refractivity contribution < 1.29 is 19.4 Å². The Morgan fingerprint density at radius 2 is 2.35 bits per heavy atom. The summed E-state index contributed by atoms with van der Waals surface area (Å²) in [7, 11) is 0. The van der Waals surface area contributed by atoms with E-state index in [0.717, 1.165) is 5.56 Å². The van der Waals surface area contributed by atoms with Gasteiger partial charge in [0, 0.05) is 11.8 Å². The molecule has 0 spiro atoms. The van der Waals surface area contributed by atoms with Gasteiger partial charge in [0.25, 0.3) is 0 Å². The summed E-state index contributed by atoms with van der Waals surface area (Å²) in [6.45, 7) is 1.95. The molecule has 1 aromatic rings. The molecule has 90 valence electrons. The number of rotatable bonds is 2. The van der Waals surface area contributed by atoms with Crippen LogP contribution in [0, 0.1) is 5.92 Å². The summed E-state index contributed by atoms with van der Waals surface area (Å²) in [6, 6.07) is 4.68. The third-order valence-corrected chi connectivity index (χ3v) is 2.66. The molecule has 0 saturated heterocycles. The molecule has 0 aromatic heterocycles. The number of carbonyl (C=O) groups excluding carboxylic acids is 2. The first-order chi connectivity index (χ1) is 8.11. The number of hydrogen-bond acceptors (Lipinski definition) is 4. The predicted molar refractivity (Wildman–Crippen MR) is 60.6 cm³/mol. The van der Waals surface area contributed by atoms with Crippen LogP contribution in [0.25, 0.3) is 0 Å². The van der Waals surface area contributed by atoms with Crippen LogP contribution in [0.3, 0.4) is 0 Å². The van der Waals surface area contributed by atoms with Crippen molar-refractivity contribution in [2.75, 3.05) is 11.9 Å². The van der Waals surface area contributed by atoms with E-state index >= 15 is 0 Å². The van der Waals surface area contributed by atoms with E-state index in [9.17, 15) is 14.7 Å². The van der Waals surface area contributed by atoms with Crippen LogP contribution in [-0.2, 0) is 20.7 Å². The molecule has 1 unspecified atom stereocenters. The summed E-state index contributed by atoms with van der Waals surface area (Å²) in [5.74, 6) is -1.61. The molecule has 17 heavy (non-hydrogen) atoms. The van der Waals surface area contributed by atoms with Gasteiger partial charge in [0.15, 0.2) is 0 Å². The van der Waals surface area contributed by atoms with E-state index in [0.29, 0.717) is 12.1 Å². The Hall–Kier alpha value is -2.04. The van der Waals surface area contributed by atoms with E-state index in [-0.39, 0.29) is 18.3 Å². The fourth-order valence-corrected chi connectivity index (χ4v) is 1.82. The summed E-state index contributed by atoms with van der Waals surface area (Å²) in [5, 5.41) is 11.9. The summed E-state index contributed by atoms with van der Waals surface area (Å²) in [5.41, 5.74) is 1.37. The Morgan fingerprint density at radius 3 is 3.06 bits per heavy atom. The number of esters is 1. The van der Waals surface area contributed by atoms with E-state index in [4.69, 9.17) is 4.74 Å². The molecule has 0 fully saturated rings. The lowest BCUT2D eigenvalue weighted by atomic mass is 9.93. The molecule has 1 atom stereocenters. The quantitative estimate of drug-likeness (QED) is 0.593. The number of fused-ring (bicyclic) bond motifs is 1. The zero-order valence-corrected chi connectivity index (χ0v) is 9.40. The second-order valence-corrected chi connectivity index (χ2v) is 3.84. The first kappa shape index (κ1) is 11.4. The highest BCUT2D eigenvalue weighted by Gasteiger charge is 2.33. The maximum atomic E-state index is 11.7. The predicted octanol–water partition coefficient (Wildman–Crippen LogP) is 1.07. The molecule has 1 aromatic carbocycles. The van der Waals surface area contributed by atoms with Crippen LogP contribution in [-0.4, -0.2) is 23.6 Å². The average Bonchev–Trinajstić information content (AvgIpc) is 2.28. The van der Waals surface area contributed by atoms with Crippen LogP contribution in [0.4, 0.5) is 5.69 Å². The Labute approximate surface area is 98.4 Å². The number of anilines is 1. The average molecular weight is 235 g/mol. The van der Waals surface area contributed by atoms with Gasteiger partial charge in [-0.3, -0.25) is 9.59 Å². The number of phenols is 1. The molecule has 0 aliphatic carbocycles. The summed E-state index contributed by atoms with van der Waals surface area (Å²) in [6.07, 6.45) is 0.306. The first-order valence-electron chi connectivity index (χ1n) is 5.41. The van der Waals surface area contributed by atoms with E-state index < -0.39 is 11.9 Å². The number of aromatic hydroxyl groups is 1. The van der Waals surface area contributed by atoms with Crippen LogP contribution >= 0.6 is 0 Å². The van der Waals surface area contributed by atoms with Crippen LogP contribution in [0.5, 0.6) is 5.75 Å². The molecular formula is C12H13NO4. The van der Waals surface area contributed by atoms with Crippen molar-refractivity contribution in [1.29, 1.82) is 0 Å². The molecule has 0 saturated carbocycles. The summed E-state index contributed by atoms with van der Waals surface area (Å²) < 4.78 is 4.84. The zero-order valence-electron chi connectivity index (χ0n) is 9.40. The molecule has 1 aliphatic rings. The van der Waals surface area contributed by atoms with Crippen LogP contribution in [0.1, 0.15) is 12.5 Å². The Kier molecular flexibility index (Phi) is 2.99. The summed E-state index contributed by atoms with van der Waals surface area (Å²) in [4.78, 5) is 23.2. The maximum Gasteiger partial charge on any atom is 0.318 e. The van der Waals surface area contributed by atoms with Gasteiger partial charge < -0.3 is 15.2 Å². The maximum absolute atomic E-state index is 11.7. The van der Waals surface area contributed by atoms with E-state index in [1.807, 2.05) is 0 Å². The Morgan fingerprint density at radius 1 is 1.59 bits per heavy atom. The number of amides is 1. The van der Waals surface area contributed by atoms with Gasteiger partial charge in [-0.15, -0.1) is 0 Å². The van der Waals surface area contributed by atoms with E-state index in [2.05, 4.69) is 5.32 Å². The minimum atomic E-state index is -0.799. The molecular weight excluding hydrogens is 222 g/mol. The number of ether oxygens (including phenoxy) is 1. The van der Waals surface area contributed by atoms with Crippen molar-refractivity contribution >= 4 is 17.6 Å².